The van der Waals surface area contributed by atoms with Gasteiger partial charge in [-0.2, -0.15) is 0 Å². The molecule has 1 aliphatic rings. The van der Waals surface area contributed by atoms with Crippen LogP contribution in [0.15, 0.2) is 42.7 Å². The summed E-state index contributed by atoms with van der Waals surface area (Å²) in [5.74, 6) is 0.521. The zero-order valence-corrected chi connectivity index (χ0v) is 17.3. The minimum absolute atomic E-state index is 0.0965. The maximum absolute atomic E-state index is 15.6. The van der Waals surface area contributed by atoms with Gasteiger partial charge in [0.05, 0.1) is 6.42 Å². The number of carbonyl (C=O) groups is 1. The van der Waals surface area contributed by atoms with Gasteiger partial charge in [0.2, 0.25) is 5.91 Å². The van der Waals surface area contributed by atoms with Gasteiger partial charge in [0.15, 0.2) is 0 Å². The highest BCUT2D eigenvalue weighted by Crippen LogP contribution is 2.37. The lowest BCUT2D eigenvalue weighted by Gasteiger charge is -2.18. The number of pyridine rings is 1. The molecule has 0 atom stereocenters. The minimum Gasteiger partial charge on any atom is -0.382 e. The molecule has 5 rings (SSSR count). The van der Waals surface area contributed by atoms with Crippen LogP contribution in [0, 0.1) is 19.7 Å². The second-order valence-electron chi connectivity index (χ2n) is 7.71. The molecule has 0 fully saturated rings. The average Bonchev–Trinajstić information content (AvgIpc) is 3.31. The second kappa shape index (κ2) is 7.16. The molecule has 2 N–H and O–H groups in total. The number of carbonyl (C=O) groups excluding carboxylic acids is 1. The molecule has 0 saturated heterocycles. The van der Waals surface area contributed by atoms with Gasteiger partial charge in [-0.1, -0.05) is 6.07 Å². The molecule has 3 aromatic heterocycles. The van der Waals surface area contributed by atoms with Crippen molar-refractivity contribution in [2.24, 2.45) is 0 Å². The first-order valence-electron chi connectivity index (χ1n) is 10.1. The van der Waals surface area contributed by atoms with E-state index in [1.54, 1.807) is 33.8 Å². The number of fused-ring (bicyclic) bond motifs is 2. The SMILES string of the molecule is Cc1cccc(CC(=O)N2CCc3c2ccc(-c2nc(C)n4ccnc(N)c24)c3F)n1. The number of rotatable bonds is 3. The zero-order chi connectivity index (χ0) is 21.7. The average molecular weight is 416 g/mol. The third-order valence-corrected chi connectivity index (χ3v) is 5.69. The number of nitrogen functional groups attached to an aromatic ring is 1. The Morgan fingerprint density at radius 1 is 1.19 bits per heavy atom. The number of hydrogen-bond acceptors (Lipinski definition) is 5. The number of aromatic nitrogens is 4. The second-order valence-corrected chi connectivity index (χ2v) is 7.71. The van der Waals surface area contributed by atoms with E-state index in [1.165, 1.54) is 0 Å². The van der Waals surface area contributed by atoms with Crippen LogP contribution in [0.25, 0.3) is 16.8 Å². The van der Waals surface area contributed by atoms with E-state index in [1.807, 2.05) is 32.0 Å². The summed E-state index contributed by atoms with van der Waals surface area (Å²) in [5.41, 5.74) is 10.1. The van der Waals surface area contributed by atoms with Crippen molar-refractivity contribution >= 4 is 22.9 Å². The first-order chi connectivity index (χ1) is 14.9. The molecule has 0 bridgehead atoms. The normalized spacial score (nSPS) is 13.1. The van der Waals surface area contributed by atoms with Crippen LogP contribution in [0.2, 0.25) is 0 Å². The van der Waals surface area contributed by atoms with Crippen molar-refractivity contribution in [1.82, 2.24) is 19.4 Å². The van der Waals surface area contributed by atoms with Crippen molar-refractivity contribution in [1.29, 1.82) is 0 Å². The largest absolute Gasteiger partial charge is 0.382 e. The van der Waals surface area contributed by atoms with E-state index in [-0.39, 0.29) is 18.1 Å². The fourth-order valence-corrected chi connectivity index (χ4v) is 4.24. The third-order valence-electron chi connectivity index (χ3n) is 5.69. The Balaban J connectivity index is 1.52. The quantitative estimate of drug-likeness (QED) is 0.554. The van der Waals surface area contributed by atoms with Gasteiger partial charge in [-0.05, 0) is 44.5 Å². The number of amides is 1. The number of benzene rings is 1. The maximum atomic E-state index is 15.6. The fraction of sp³-hybridized carbons (Fsp3) is 0.217. The Labute approximate surface area is 178 Å². The highest BCUT2D eigenvalue weighted by Gasteiger charge is 2.30. The lowest BCUT2D eigenvalue weighted by molar-refractivity contribution is -0.117. The number of nitrogens with zero attached hydrogens (tertiary/aromatic N) is 5. The summed E-state index contributed by atoms with van der Waals surface area (Å²) in [5, 5.41) is 0. The van der Waals surface area contributed by atoms with Gasteiger partial charge in [-0.15, -0.1) is 0 Å². The standard InChI is InChI=1S/C23H21FN6O/c1-13-4-3-5-15(27-13)12-19(31)30-10-8-16-18(30)7-6-17(20(16)24)21-22-23(25)26-9-11-29(22)14(2)28-21/h3-7,9,11H,8,10,12H2,1-2H3,(H2,25,26). The molecule has 4 aromatic rings. The Morgan fingerprint density at radius 2 is 2.03 bits per heavy atom. The van der Waals surface area contributed by atoms with Gasteiger partial charge >= 0.3 is 0 Å². The van der Waals surface area contributed by atoms with E-state index in [2.05, 4.69) is 15.0 Å². The lowest BCUT2D eigenvalue weighted by Crippen LogP contribution is -2.30. The van der Waals surface area contributed by atoms with Crippen LogP contribution in [0.1, 0.15) is 22.8 Å². The molecule has 0 saturated carbocycles. The molecular weight excluding hydrogens is 395 g/mol. The summed E-state index contributed by atoms with van der Waals surface area (Å²) >= 11 is 0. The molecule has 156 valence electrons. The van der Waals surface area contributed by atoms with Crippen LogP contribution < -0.4 is 10.6 Å². The molecule has 0 aliphatic carbocycles. The van der Waals surface area contributed by atoms with Crippen molar-refractivity contribution in [2.45, 2.75) is 26.7 Å². The topological polar surface area (TPSA) is 89.4 Å². The van der Waals surface area contributed by atoms with Crippen molar-refractivity contribution in [3.8, 4) is 11.3 Å². The molecular formula is C23H21FN6O. The predicted octanol–water partition coefficient (Wildman–Crippen LogP) is 3.26. The molecule has 8 heteroatoms. The van der Waals surface area contributed by atoms with Crippen molar-refractivity contribution in [3.63, 3.8) is 0 Å². The summed E-state index contributed by atoms with van der Waals surface area (Å²) in [6.07, 6.45) is 3.97. The monoisotopic (exact) mass is 416 g/mol. The molecule has 1 aliphatic heterocycles. The number of imidazole rings is 1. The summed E-state index contributed by atoms with van der Waals surface area (Å²) < 4.78 is 17.4. The van der Waals surface area contributed by atoms with E-state index >= 15 is 4.39 Å². The van der Waals surface area contributed by atoms with Gasteiger partial charge in [0.25, 0.3) is 0 Å². The third kappa shape index (κ3) is 3.11. The smallest absolute Gasteiger partial charge is 0.233 e. The zero-order valence-electron chi connectivity index (χ0n) is 17.3. The van der Waals surface area contributed by atoms with Gasteiger partial charge < -0.3 is 10.6 Å². The van der Waals surface area contributed by atoms with Gasteiger partial charge in [0, 0.05) is 47.1 Å². The maximum Gasteiger partial charge on any atom is 0.233 e. The van der Waals surface area contributed by atoms with Gasteiger partial charge in [-0.3, -0.25) is 14.2 Å². The van der Waals surface area contributed by atoms with Crippen LogP contribution in [-0.4, -0.2) is 31.8 Å². The molecule has 4 heterocycles. The number of aryl methyl sites for hydroxylation is 2. The van der Waals surface area contributed by atoms with Crippen LogP contribution in [0.3, 0.4) is 0 Å². The summed E-state index contributed by atoms with van der Waals surface area (Å²) in [4.78, 5) is 27.6. The predicted molar refractivity (Wildman–Crippen MR) is 116 cm³/mol. The first-order valence-corrected chi connectivity index (χ1v) is 10.1. The minimum atomic E-state index is -0.371. The fourth-order valence-electron chi connectivity index (χ4n) is 4.24. The Kier molecular flexibility index (Phi) is 4.43. The molecule has 0 unspecified atom stereocenters. The van der Waals surface area contributed by atoms with Gasteiger partial charge in [-0.25, -0.2) is 14.4 Å². The molecule has 31 heavy (non-hydrogen) atoms. The van der Waals surface area contributed by atoms with E-state index < -0.39 is 0 Å². The van der Waals surface area contributed by atoms with E-state index in [0.29, 0.717) is 58.3 Å². The van der Waals surface area contributed by atoms with E-state index in [9.17, 15) is 4.79 Å². The number of anilines is 2. The van der Waals surface area contributed by atoms with Crippen LogP contribution in [0.5, 0.6) is 0 Å². The Bertz CT molecular complexity index is 1350. The Morgan fingerprint density at radius 3 is 2.84 bits per heavy atom. The first kappa shape index (κ1) is 19.2. The summed E-state index contributed by atoms with van der Waals surface area (Å²) in [6.45, 7) is 4.16. The van der Waals surface area contributed by atoms with E-state index in [0.717, 1.165) is 5.69 Å². The molecule has 0 radical (unpaired) electrons. The highest BCUT2D eigenvalue weighted by atomic mass is 19.1. The van der Waals surface area contributed by atoms with E-state index in [4.69, 9.17) is 5.73 Å². The molecule has 7 nitrogen and oxygen atoms in total. The van der Waals surface area contributed by atoms with Crippen molar-refractivity contribution < 1.29 is 9.18 Å². The molecule has 1 amide bonds. The number of halogens is 1. The number of nitrogens with two attached hydrogens (primary N) is 1. The number of hydrogen-bond donors (Lipinski definition) is 1. The molecule has 1 aromatic carbocycles. The Hall–Kier alpha value is -3.81. The van der Waals surface area contributed by atoms with Crippen LogP contribution in [-0.2, 0) is 17.6 Å². The highest BCUT2D eigenvalue weighted by molar-refractivity contribution is 5.97. The summed E-state index contributed by atoms with van der Waals surface area (Å²) in [7, 11) is 0. The van der Waals surface area contributed by atoms with Gasteiger partial charge in [0.1, 0.15) is 28.7 Å². The van der Waals surface area contributed by atoms with Crippen LogP contribution >= 0.6 is 0 Å². The molecule has 0 spiro atoms. The van der Waals surface area contributed by atoms with Crippen molar-refractivity contribution in [3.05, 3.63) is 71.3 Å². The summed E-state index contributed by atoms with van der Waals surface area (Å²) in [6, 6.07) is 9.05. The lowest BCUT2D eigenvalue weighted by atomic mass is 10.0. The van der Waals surface area contributed by atoms with Crippen molar-refractivity contribution in [2.75, 3.05) is 17.2 Å². The van der Waals surface area contributed by atoms with Crippen LogP contribution in [0.4, 0.5) is 15.9 Å².